The van der Waals surface area contributed by atoms with Crippen molar-refractivity contribution in [1.82, 2.24) is 25.0 Å². The summed E-state index contributed by atoms with van der Waals surface area (Å²) in [4.78, 5) is 17.6. The Labute approximate surface area is 124 Å². The molecule has 2 rings (SSSR count). The largest absolute Gasteiger partial charge is 0.343 e. The number of amides is 1. The normalized spacial score (nSPS) is 10.9. The second-order valence-electron chi connectivity index (χ2n) is 5.43. The van der Waals surface area contributed by atoms with Crippen molar-refractivity contribution in [2.24, 2.45) is 0 Å². The molecule has 2 aromatic heterocycles. The molecule has 0 unspecified atom stereocenters. The fourth-order valence-corrected chi connectivity index (χ4v) is 1.83. The van der Waals surface area contributed by atoms with Crippen LogP contribution in [0.3, 0.4) is 0 Å². The van der Waals surface area contributed by atoms with Crippen LogP contribution in [0, 0.1) is 0 Å². The highest BCUT2D eigenvalue weighted by Crippen LogP contribution is 2.10. The number of carbonyl (C=O) groups excluding carboxylic acids is 1. The lowest BCUT2D eigenvalue weighted by atomic mass is 10.2. The van der Waals surface area contributed by atoms with E-state index < -0.39 is 0 Å². The average molecular weight is 287 g/mol. The number of nitrogens with zero attached hydrogens (tertiary/aromatic N) is 4. The van der Waals surface area contributed by atoms with Crippen molar-refractivity contribution in [3.05, 3.63) is 42.0 Å². The lowest BCUT2D eigenvalue weighted by Crippen LogP contribution is -2.22. The molecule has 0 saturated heterocycles. The second-order valence-corrected chi connectivity index (χ2v) is 5.43. The van der Waals surface area contributed by atoms with Gasteiger partial charge in [0.05, 0.1) is 11.9 Å². The lowest BCUT2D eigenvalue weighted by Gasteiger charge is -2.09. The summed E-state index contributed by atoms with van der Waals surface area (Å²) >= 11 is 0. The molecular weight excluding hydrogens is 266 g/mol. The van der Waals surface area contributed by atoms with Gasteiger partial charge in [-0.2, -0.15) is 5.10 Å². The summed E-state index contributed by atoms with van der Waals surface area (Å²) < 4.78 is 1.67. The van der Waals surface area contributed by atoms with Gasteiger partial charge < -0.3 is 10.2 Å². The fourth-order valence-electron chi connectivity index (χ4n) is 1.83. The fraction of sp³-hybridized carbons (Fsp3) is 0.400. The molecule has 1 amide bonds. The molecule has 2 aromatic rings. The highest BCUT2D eigenvalue weighted by atomic mass is 16.2. The maximum absolute atomic E-state index is 11.9. The third kappa shape index (κ3) is 3.88. The Morgan fingerprint density at radius 2 is 2.14 bits per heavy atom. The Bertz CT molecular complexity index is 618. The van der Waals surface area contributed by atoms with E-state index in [4.69, 9.17) is 0 Å². The Hall–Kier alpha value is -2.21. The Morgan fingerprint density at radius 1 is 1.38 bits per heavy atom. The summed E-state index contributed by atoms with van der Waals surface area (Å²) in [6.45, 7) is 4.96. The van der Waals surface area contributed by atoms with Crippen molar-refractivity contribution in [3.8, 4) is 5.69 Å². The van der Waals surface area contributed by atoms with E-state index >= 15 is 0 Å². The topological polar surface area (TPSA) is 63.1 Å². The molecule has 0 spiro atoms. The van der Waals surface area contributed by atoms with Crippen molar-refractivity contribution < 1.29 is 4.79 Å². The third-order valence-corrected chi connectivity index (χ3v) is 2.97. The maximum atomic E-state index is 11.9. The molecule has 6 nitrogen and oxygen atoms in total. The number of nitrogens with one attached hydrogen (secondary N) is 1. The van der Waals surface area contributed by atoms with Crippen LogP contribution < -0.4 is 5.32 Å². The van der Waals surface area contributed by atoms with Crippen LogP contribution in [0.4, 0.5) is 0 Å². The highest BCUT2D eigenvalue weighted by molar-refractivity contribution is 5.91. The summed E-state index contributed by atoms with van der Waals surface area (Å²) in [5, 5.41) is 7.65. The predicted octanol–water partition coefficient (Wildman–Crippen LogP) is 1.47. The first kappa shape index (κ1) is 15.2. The first-order valence-electron chi connectivity index (χ1n) is 6.92. The van der Waals surface area contributed by atoms with E-state index in [-0.39, 0.29) is 5.91 Å². The lowest BCUT2D eigenvalue weighted by molar-refractivity contribution is 0.0821. The van der Waals surface area contributed by atoms with Crippen LogP contribution in [0.15, 0.2) is 30.7 Å². The van der Waals surface area contributed by atoms with E-state index in [0.717, 1.165) is 17.8 Å². The number of carbonyl (C=O) groups is 1. The van der Waals surface area contributed by atoms with Gasteiger partial charge >= 0.3 is 0 Å². The first-order valence-corrected chi connectivity index (χ1v) is 6.92. The van der Waals surface area contributed by atoms with Gasteiger partial charge in [0.25, 0.3) is 5.91 Å². The molecule has 0 aliphatic carbocycles. The SMILES string of the molecule is CC(C)NCc1cncc(-n2ccc(C(=O)N(C)C)n2)c1. The molecule has 1 N–H and O–H groups in total. The highest BCUT2D eigenvalue weighted by Gasteiger charge is 2.12. The molecule has 21 heavy (non-hydrogen) atoms. The molecule has 0 aliphatic heterocycles. The average Bonchev–Trinajstić information content (AvgIpc) is 2.94. The molecule has 2 heterocycles. The van der Waals surface area contributed by atoms with Gasteiger partial charge in [-0.15, -0.1) is 0 Å². The molecule has 0 aliphatic rings. The third-order valence-electron chi connectivity index (χ3n) is 2.97. The minimum atomic E-state index is -0.112. The zero-order valence-corrected chi connectivity index (χ0v) is 12.9. The van der Waals surface area contributed by atoms with Crippen LogP contribution in [0.5, 0.6) is 0 Å². The van der Waals surface area contributed by atoms with E-state index in [9.17, 15) is 4.79 Å². The Kier molecular flexibility index (Phi) is 4.70. The number of hydrogen-bond acceptors (Lipinski definition) is 4. The van der Waals surface area contributed by atoms with E-state index in [1.54, 1.807) is 37.2 Å². The van der Waals surface area contributed by atoms with Gasteiger partial charge in [-0.25, -0.2) is 4.68 Å². The molecule has 0 radical (unpaired) electrons. The van der Waals surface area contributed by atoms with Gasteiger partial charge in [0.15, 0.2) is 5.69 Å². The smallest absolute Gasteiger partial charge is 0.273 e. The van der Waals surface area contributed by atoms with Crippen LogP contribution in [-0.4, -0.2) is 45.7 Å². The van der Waals surface area contributed by atoms with Crippen molar-refractivity contribution in [1.29, 1.82) is 0 Å². The standard InChI is InChI=1S/C15H21N5O/c1-11(2)17-9-12-7-13(10-16-8-12)20-6-5-14(18-20)15(21)19(3)4/h5-8,10-11,17H,9H2,1-4H3. The van der Waals surface area contributed by atoms with Crippen LogP contribution in [-0.2, 0) is 6.54 Å². The van der Waals surface area contributed by atoms with Crippen LogP contribution in [0.1, 0.15) is 29.9 Å². The number of hydrogen-bond donors (Lipinski definition) is 1. The molecule has 0 bridgehead atoms. The van der Waals surface area contributed by atoms with Gasteiger partial charge in [0, 0.05) is 39.1 Å². The van der Waals surface area contributed by atoms with Crippen molar-refractivity contribution in [2.75, 3.05) is 14.1 Å². The summed E-state index contributed by atoms with van der Waals surface area (Å²) in [6.07, 6.45) is 5.33. The Morgan fingerprint density at radius 3 is 2.81 bits per heavy atom. The monoisotopic (exact) mass is 287 g/mol. The zero-order valence-electron chi connectivity index (χ0n) is 12.9. The summed E-state index contributed by atoms with van der Waals surface area (Å²) in [7, 11) is 3.42. The van der Waals surface area contributed by atoms with Crippen LogP contribution in [0.25, 0.3) is 5.69 Å². The van der Waals surface area contributed by atoms with E-state index in [0.29, 0.717) is 11.7 Å². The van der Waals surface area contributed by atoms with Gasteiger partial charge in [-0.3, -0.25) is 9.78 Å². The predicted molar refractivity (Wildman–Crippen MR) is 81.4 cm³/mol. The minimum Gasteiger partial charge on any atom is -0.343 e. The van der Waals surface area contributed by atoms with Crippen molar-refractivity contribution in [2.45, 2.75) is 26.4 Å². The zero-order chi connectivity index (χ0) is 15.4. The number of pyridine rings is 1. The maximum Gasteiger partial charge on any atom is 0.273 e. The van der Waals surface area contributed by atoms with Gasteiger partial charge in [0.2, 0.25) is 0 Å². The minimum absolute atomic E-state index is 0.112. The van der Waals surface area contributed by atoms with Gasteiger partial charge in [-0.1, -0.05) is 13.8 Å². The van der Waals surface area contributed by atoms with E-state index in [1.165, 1.54) is 4.90 Å². The van der Waals surface area contributed by atoms with Crippen molar-refractivity contribution in [3.63, 3.8) is 0 Å². The number of rotatable bonds is 5. The Balaban J connectivity index is 2.18. The van der Waals surface area contributed by atoms with Crippen molar-refractivity contribution >= 4 is 5.91 Å². The van der Waals surface area contributed by atoms with Crippen LogP contribution in [0.2, 0.25) is 0 Å². The quantitative estimate of drug-likeness (QED) is 0.904. The molecule has 112 valence electrons. The van der Waals surface area contributed by atoms with Gasteiger partial charge in [0.1, 0.15) is 0 Å². The van der Waals surface area contributed by atoms with Gasteiger partial charge in [-0.05, 0) is 17.7 Å². The summed E-state index contributed by atoms with van der Waals surface area (Å²) in [6, 6.07) is 4.14. The summed E-state index contributed by atoms with van der Waals surface area (Å²) in [5.74, 6) is -0.112. The molecule has 0 atom stereocenters. The van der Waals surface area contributed by atoms with E-state index in [2.05, 4.69) is 29.2 Å². The molecule has 0 aromatic carbocycles. The molecule has 0 fully saturated rings. The molecule has 0 saturated carbocycles. The molecular formula is C15H21N5O. The van der Waals surface area contributed by atoms with Crippen LogP contribution >= 0.6 is 0 Å². The second kappa shape index (κ2) is 6.49. The molecule has 6 heteroatoms. The number of aromatic nitrogens is 3. The summed E-state index contributed by atoms with van der Waals surface area (Å²) in [5.41, 5.74) is 2.35. The first-order chi connectivity index (χ1) is 9.97. The van der Waals surface area contributed by atoms with E-state index in [1.807, 2.05) is 12.3 Å².